The Morgan fingerprint density at radius 2 is 1.48 bits per heavy atom. The molecule has 1 aromatic heterocycles. The molecule has 0 radical (unpaired) electrons. The van der Waals surface area contributed by atoms with Crippen LogP contribution in [0.2, 0.25) is 0 Å². The number of aromatic nitrogens is 1. The van der Waals surface area contributed by atoms with E-state index in [0.717, 1.165) is 11.3 Å². The van der Waals surface area contributed by atoms with E-state index < -0.39 is 0 Å². The summed E-state index contributed by atoms with van der Waals surface area (Å²) in [5.74, 6) is -0.976. The quantitative estimate of drug-likeness (QED) is 0.683. The van der Waals surface area contributed by atoms with Crippen molar-refractivity contribution in [3.63, 3.8) is 0 Å². The third kappa shape index (κ3) is 3.37. The predicted octanol–water partition coefficient (Wildman–Crippen LogP) is 0.288. The Kier molecular flexibility index (Phi) is 4.75. The van der Waals surface area contributed by atoms with Crippen molar-refractivity contribution in [2.24, 2.45) is 0 Å². The van der Waals surface area contributed by atoms with Crippen LogP contribution in [0.3, 0.4) is 0 Å². The molecule has 3 amide bonds. The lowest BCUT2D eigenvalue weighted by molar-refractivity contribution is 0.0362. The number of amides is 3. The monoisotopic (exact) mass is 390 g/mol. The molecule has 3 heterocycles. The van der Waals surface area contributed by atoms with Gasteiger partial charge < -0.3 is 19.4 Å². The fourth-order valence-corrected chi connectivity index (χ4v) is 4.20. The molecule has 0 unspecified atom stereocenters. The average molecular weight is 390 g/mol. The van der Waals surface area contributed by atoms with E-state index in [1.54, 1.807) is 14.7 Å². The van der Waals surface area contributed by atoms with Gasteiger partial charge >= 0.3 is 6.03 Å². The largest absolute Gasteiger partial charge is 0.378 e. The maximum Gasteiger partial charge on any atom is 0.320 e. The van der Waals surface area contributed by atoms with Crippen molar-refractivity contribution in [1.82, 2.24) is 19.7 Å². The lowest BCUT2D eigenvalue weighted by atomic mass is 10.1. The number of urea groups is 1. The lowest BCUT2D eigenvalue weighted by Crippen LogP contribution is -2.55. The number of ether oxygens (including phenoxy) is 1. The molecule has 4 rings (SSSR count). The van der Waals surface area contributed by atoms with E-state index in [9.17, 15) is 19.2 Å². The number of hydrogen-bond donors (Lipinski definition) is 0. The Hall–Kier alpha value is -2.59. The Morgan fingerprint density at radius 3 is 2.15 bits per heavy atom. The normalized spacial score (nSPS) is 20.1. The molecule has 3 aliphatic rings. The van der Waals surface area contributed by atoms with Gasteiger partial charge in [-0.05, 0) is 12.2 Å². The predicted molar refractivity (Wildman–Crippen MR) is 95.2 cm³/mol. The number of fused-ring (bicyclic) bond motifs is 1. The van der Waals surface area contributed by atoms with Crippen LogP contribution in [0.15, 0.2) is 12.2 Å². The number of morpholine rings is 1. The van der Waals surface area contributed by atoms with Gasteiger partial charge in [0.1, 0.15) is 10.6 Å². The molecule has 2 aliphatic heterocycles. The highest BCUT2D eigenvalue weighted by atomic mass is 32.1. The minimum Gasteiger partial charge on any atom is -0.378 e. The molecule has 1 aromatic rings. The van der Waals surface area contributed by atoms with Gasteiger partial charge in [-0.2, -0.15) is 0 Å². The highest BCUT2D eigenvalue weighted by Gasteiger charge is 2.32. The number of nitrogens with zero attached hydrogens (tertiary/aromatic N) is 4. The molecule has 1 aliphatic carbocycles. The number of piperazine rings is 1. The molecule has 27 heavy (non-hydrogen) atoms. The Balaban J connectivity index is 1.39. The molecule has 0 spiro atoms. The first-order chi connectivity index (χ1) is 13.0. The zero-order valence-corrected chi connectivity index (χ0v) is 15.4. The summed E-state index contributed by atoms with van der Waals surface area (Å²) in [6, 6.07) is -0.0302. The standard InChI is InChI=1S/C17H18N4O5S/c22-11-1-2-12(23)14-13(11)18-15(27-14)16(24)19-3-5-20(6-4-19)17(25)21-7-9-26-10-8-21/h1-2H,3-10H2. The van der Waals surface area contributed by atoms with Crippen LogP contribution in [0.5, 0.6) is 0 Å². The molecule has 0 saturated carbocycles. The van der Waals surface area contributed by atoms with Gasteiger partial charge in [-0.15, -0.1) is 11.3 Å². The first-order valence-corrected chi connectivity index (χ1v) is 9.54. The van der Waals surface area contributed by atoms with E-state index in [2.05, 4.69) is 4.98 Å². The fraction of sp³-hybridized carbons (Fsp3) is 0.471. The highest BCUT2D eigenvalue weighted by molar-refractivity contribution is 7.16. The number of carbonyl (C=O) groups excluding carboxylic acids is 4. The van der Waals surface area contributed by atoms with Gasteiger partial charge in [0.05, 0.1) is 13.2 Å². The van der Waals surface area contributed by atoms with E-state index in [1.807, 2.05) is 0 Å². The van der Waals surface area contributed by atoms with Crippen LogP contribution in [0.25, 0.3) is 0 Å². The summed E-state index contributed by atoms with van der Waals surface area (Å²) in [4.78, 5) is 58.3. The minimum absolute atomic E-state index is 0.0302. The number of ketones is 2. The summed E-state index contributed by atoms with van der Waals surface area (Å²) < 4.78 is 5.26. The Bertz CT molecular complexity index is 799. The third-order valence-corrected chi connectivity index (χ3v) is 5.83. The lowest BCUT2D eigenvalue weighted by Gasteiger charge is -2.38. The van der Waals surface area contributed by atoms with Crippen LogP contribution < -0.4 is 0 Å². The van der Waals surface area contributed by atoms with Gasteiger partial charge in [0.2, 0.25) is 5.78 Å². The maximum absolute atomic E-state index is 12.7. The van der Waals surface area contributed by atoms with Crippen LogP contribution in [-0.4, -0.2) is 95.7 Å². The van der Waals surface area contributed by atoms with Crippen LogP contribution in [0.1, 0.15) is 30.0 Å². The molecule has 0 atom stereocenters. The number of hydrogen-bond acceptors (Lipinski definition) is 7. The maximum atomic E-state index is 12.7. The molecular weight excluding hydrogens is 372 g/mol. The summed E-state index contributed by atoms with van der Waals surface area (Å²) in [5.41, 5.74) is 0.0528. The second-order valence-corrected chi connectivity index (χ2v) is 7.42. The molecule has 2 fully saturated rings. The van der Waals surface area contributed by atoms with Gasteiger partial charge in [-0.1, -0.05) is 0 Å². The first kappa shape index (κ1) is 17.8. The average Bonchev–Trinajstić information content (AvgIpc) is 3.17. The summed E-state index contributed by atoms with van der Waals surface area (Å²) in [7, 11) is 0. The summed E-state index contributed by atoms with van der Waals surface area (Å²) in [6.07, 6.45) is 2.38. The van der Waals surface area contributed by atoms with E-state index in [-0.39, 0.29) is 39.1 Å². The molecule has 142 valence electrons. The summed E-state index contributed by atoms with van der Waals surface area (Å²) in [5, 5.41) is 0.137. The van der Waals surface area contributed by atoms with Crippen molar-refractivity contribution >= 4 is 34.8 Å². The molecule has 2 saturated heterocycles. The highest BCUT2D eigenvalue weighted by Crippen LogP contribution is 2.25. The van der Waals surface area contributed by atoms with Crippen molar-refractivity contribution in [2.75, 3.05) is 52.5 Å². The zero-order chi connectivity index (χ0) is 19.0. The Labute approximate surface area is 159 Å². The SMILES string of the molecule is O=C1C=CC(=O)c2sc(C(=O)N3CCN(C(=O)N4CCOCC4)CC3)nc21. The first-order valence-electron chi connectivity index (χ1n) is 8.73. The van der Waals surface area contributed by atoms with E-state index in [4.69, 9.17) is 4.74 Å². The fourth-order valence-electron chi connectivity index (χ4n) is 3.24. The minimum atomic E-state index is -0.360. The summed E-state index contributed by atoms with van der Waals surface area (Å²) >= 11 is 0.952. The second-order valence-electron chi connectivity index (χ2n) is 6.42. The van der Waals surface area contributed by atoms with Gasteiger partial charge in [0.15, 0.2) is 10.8 Å². The molecule has 0 aromatic carbocycles. The number of rotatable bonds is 1. The molecule has 0 N–H and O–H groups in total. The van der Waals surface area contributed by atoms with Crippen molar-refractivity contribution in [2.45, 2.75) is 0 Å². The summed E-state index contributed by atoms with van der Waals surface area (Å²) in [6.45, 7) is 3.91. The van der Waals surface area contributed by atoms with E-state index >= 15 is 0 Å². The van der Waals surface area contributed by atoms with Gasteiger partial charge in [0, 0.05) is 39.3 Å². The van der Waals surface area contributed by atoms with Gasteiger partial charge in [-0.3, -0.25) is 14.4 Å². The van der Waals surface area contributed by atoms with Crippen molar-refractivity contribution in [1.29, 1.82) is 0 Å². The smallest absolute Gasteiger partial charge is 0.320 e. The molecule has 9 nitrogen and oxygen atoms in total. The van der Waals surface area contributed by atoms with Crippen molar-refractivity contribution in [3.8, 4) is 0 Å². The number of allylic oxidation sites excluding steroid dienone is 2. The topological polar surface area (TPSA) is 100 Å². The third-order valence-electron chi connectivity index (χ3n) is 4.77. The van der Waals surface area contributed by atoms with Crippen molar-refractivity contribution in [3.05, 3.63) is 27.7 Å². The van der Waals surface area contributed by atoms with Crippen molar-refractivity contribution < 1.29 is 23.9 Å². The van der Waals surface area contributed by atoms with E-state index in [0.29, 0.717) is 52.5 Å². The second kappa shape index (κ2) is 7.20. The van der Waals surface area contributed by atoms with Gasteiger partial charge in [0.25, 0.3) is 5.91 Å². The van der Waals surface area contributed by atoms with E-state index in [1.165, 1.54) is 12.2 Å². The van der Waals surface area contributed by atoms with Crippen LogP contribution >= 0.6 is 11.3 Å². The Morgan fingerprint density at radius 1 is 0.889 bits per heavy atom. The molecular formula is C17H18N4O5S. The molecule has 10 heteroatoms. The number of thiazole rings is 1. The van der Waals surface area contributed by atoms with Crippen LogP contribution in [-0.2, 0) is 4.74 Å². The number of carbonyl (C=O) groups is 4. The van der Waals surface area contributed by atoms with Gasteiger partial charge in [-0.25, -0.2) is 9.78 Å². The van der Waals surface area contributed by atoms with Crippen LogP contribution in [0.4, 0.5) is 4.79 Å². The molecule has 0 bridgehead atoms. The zero-order valence-electron chi connectivity index (χ0n) is 14.5. The van der Waals surface area contributed by atoms with Crippen LogP contribution in [0, 0.1) is 0 Å².